The van der Waals surface area contributed by atoms with Crippen molar-refractivity contribution in [1.82, 2.24) is 0 Å². The third kappa shape index (κ3) is 3.65. The van der Waals surface area contributed by atoms with E-state index in [2.05, 4.69) is 68.4 Å². The lowest BCUT2D eigenvalue weighted by Gasteiger charge is -2.72. The Bertz CT molecular complexity index is 927. The number of allylic oxidation sites excluding steroid dienone is 2. The first-order valence-corrected chi connectivity index (χ1v) is 15.6. The van der Waals surface area contributed by atoms with Gasteiger partial charge in [0.1, 0.15) is 6.10 Å². The highest BCUT2D eigenvalue weighted by molar-refractivity contribution is 5.69. The molecule has 5 aliphatic rings. The Kier molecular flexibility index (Phi) is 6.22. The van der Waals surface area contributed by atoms with E-state index in [1.54, 1.807) is 0 Å². The molecular formula is C34H56O2. The Morgan fingerprint density at radius 1 is 0.806 bits per heavy atom. The highest BCUT2D eigenvalue weighted by atomic mass is 16.5. The van der Waals surface area contributed by atoms with Gasteiger partial charge in [0.15, 0.2) is 0 Å². The van der Waals surface area contributed by atoms with Gasteiger partial charge in [0, 0.05) is 11.8 Å². The van der Waals surface area contributed by atoms with Crippen molar-refractivity contribution in [3.8, 4) is 0 Å². The van der Waals surface area contributed by atoms with Gasteiger partial charge in [0.25, 0.3) is 0 Å². The maximum Gasteiger partial charge on any atom is 0.306 e. The monoisotopic (exact) mass is 496 g/mol. The highest BCUT2D eigenvalue weighted by Gasteiger charge is 2.69. The van der Waals surface area contributed by atoms with Gasteiger partial charge in [-0.3, -0.25) is 4.79 Å². The predicted molar refractivity (Wildman–Crippen MR) is 150 cm³/mol. The summed E-state index contributed by atoms with van der Waals surface area (Å²) in [5.41, 5.74) is 3.84. The molecule has 0 aromatic heterocycles. The Morgan fingerprint density at radius 2 is 1.50 bits per heavy atom. The Balaban J connectivity index is 1.47. The van der Waals surface area contributed by atoms with E-state index in [9.17, 15) is 4.79 Å². The van der Waals surface area contributed by atoms with Crippen LogP contribution in [0.25, 0.3) is 0 Å². The minimum atomic E-state index is 0.0155. The quantitative estimate of drug-likeness (QED) is 0.287. The maximum atomic E-state index is 12.5. The zero-order valence-electron chi connectivity index (χ0n) is 25.2. The number of ether oxygens (including phenoxy) is 1. The molecule has 0 bridgehead atoms. The number of carbonyl (C=O) groups excluding carboxylic acids is 1. The van der Waals surface area contributed by atoms with E-state index in [4.69, 9.17) is 4.74 Å². The number of hydrogen-bond donors (Lipinski definition) is 0. The van der Waals surface area contributed by atoms with Crippen molar-refractivity contribution in [2.45, 2.75) is 145 Å². The van der Waals surface area contributed by atoms with Crippen LogP contribution in [0, 0.1) is 50.2 Å². The SMILES string of the molecule is CCCC(=O)O[C@H]1CC[C@]2(C)[C@H]3CC[C@@H]4C5=CC(C)(C)CC[C@]5(C)CC[C@@]4(C)[C@]3(C)CC[C@H]2C1(C)C. The van der Waals surface area contributed by atoms with Gasteiger partial charge in [-0.2, -0.15) is 0 Å². The van der Waals surface area contributed by atoms with Gasteiger partial charge >= 0.3 is 5.97 Å². The van der Waals surface area contributed by atoms with Crippen molar-refractivity contribution in [1.29, 1.82) is 0 Å². The molecule has 0 spiro atoms. The lowest BCUT2D eigenvalue weighted by molar-refractivity contribution is -0.233. The highest BCUT2D eigenvalue weighted by Crippen LogP contribution is 2.76. The fraction of sp³-hybridized carbons (Fsp3) is 0.912. The molecule has 4 saturated carbocycles. The summed E-state index contributed by atoms with van der Waals surface area (Å²) in [6, 6.07) is 0. The van der Waals surface area contributed by atoms with Crippen molar-refractivity contribution in [3.05, 3.63) is 11.6 Å². The average Bonchev–Trinajstić information content (AvgIpc) is 2.77. The molecule has 2 heteroatoms. The molecule has 0 saturated heterocycles. The molecule has 5 rings (SSSR count). The number of carbonyl (C=O) groups is 1. The number of fused-ring (bicyclic) bond motifs is 7. The maximum absolute atomic E-state index is 12.5. The van der Waals surface area contributed by atoms with E-state index >= 15 is 0 Å². The molecule has 0 radical (unpaired) electrons. The minimum absolute atomic E-state index is 0.0155. The first-order valence-electron chi connectivity index (χ1n) is 15.6. The first-order chi connectivity index (χ1) is 16.6. The molecule has 5 aliphatic carbocycles. The van der Waals surface area contributed by atoms with Crippen LogP contribution in [0.1, 0.15) is 139 Å². The van der Waals surface area contributed by atoms with Crippen LogP contribution in [0.2, 0.25) is 0 Å². The summed E-state index contributed by atoms with van der Waals surface area (Å²) in [4.78, 5) is 12.5. The van der Waals surface area contributed by atoms with Crippen LogP contribution in [0.3, 0.4) is 0 Å². The Hall–Kier alpha value is -0.790. The summed E-state index contributed by atoms with van der Waals surface area (Å²) in [6.45, 7) is 22.6. The molecule has 0 N–H and O–H groups in total. The number of rotatable bonds is 3. The third-order valence-corrected chi connectivity index (χ3v) is 13.7. The van der Waals surface area contributed by atoms with Gasteiger partial charge in [0.05, 0.1) is 0 Å². The molecule has 4 fully saturated rings. The molecule has 0 amide bonds. The molecule has 8 atom stereocenters. The van der Waals surface area contributed by atoms with Crippen molar-refractivity contribution < 1.29 is 9.53 Å². The molecule has 204 valence electrons. The van der Waals surface area contributed by atoms with E-state index in [-0.39, 0.29) is 17.5 Å². The van der Waals surface area contributed by atoms with Crippen molar-refractivity contribution >= 4 is 5.97 Å². The average molecular weight is 497 g/mol. The zero-order valence-corrected chi connectivity index (χ0v) is 25.2. The van der Waals surface area contributed by atoms with E-state index in [0.29, 0.717) is 39.4 Å². The van der Waals surface area contributed by atoms with Gasteiger partial charge in [-0.1, -0.05) is 74.0 Å². The summed E-state index contributed by atoms with van der Waals surface area (Å²) >= 11 is 0. The van der Waals surface area contributed by atoms with Crippen LogP contribution in [0.4, 0.5) is 0 Å². The van der Waals surface area contributed by atoms with Crippen LogP contribution >= 0.6 is 0 Å². The lowest BCUT2D eigenvalue weighted by atomic mass is 9.32. The largest absolute Gasteiger partial charge is 0.462 e. The van der Waals surface area contributed by atoms with Gasteiger partial charge in [-0.15, -0.1) is 0 Å². The van der Waals surface area contributed by atoms with Crippen LogP contribution in [-0.2, 0) is 9.53 Å². The van der Waals surface area contributed by atoms with Crippen LogP contribution in [-0.4, -0.2) is 12.1 Å². The van der Waals surface area contributed by atoms with Crippen molar-refractivity contribution in [3.63, 3.8) is 0 Å². The zero-order chi connectivity index (χ0) is 26.4. The molecule has 2 nitrogen and oxygen atoms in total. The summed E-state index contributed by atoms with van der Waals surface area (Å²) in [5.74, 6) is 2.19. The molecule has 0 aromatic carbocycles. The second-order valence-electron chi connectivity index (χ2n) is 16.4. The van der Waals surface area contributed by atoms with E-state index in [1.807, 2.05) is 5.57 Å². The molecule has 0 aliphatic heterocycles. The van der Waals surface area contributed by atoms with Gasteiger partial charge in [-0.05, 0) is 115 Å². The second kappa shape index (κ2) is 8.35. The van der Waals surface area contributed by atoms with Crippen LogP contribution in [0.5, 0.6) is 0 Å². The molecule has 0 aromatic rings. The predicted octanol–water partition coefficient (Wildman–Crippen LogP) is 9.52. The summed E-state index contributed by atoms with van der Waals surface area (Å²) in [6.07, 6.45) is 17.4. The first kappa shape index (κ1) is 26.8. The Morgan fingerprint density at radius 3 is 2.19 bits per heavy atom. The minimum Gasteiger partial charge on any atom is -0.462 e. The smallest absolute Gasteiger partial charge is 0.306 e. The third-order valence-electron chi connectivity index (χ3n) is 13.7. The normalized spacial score (nSPS) is 49.0. The molecule has 0 unspecified atom stereocenters. The van der Waals surface area contributed by atoms with E-state index in [1.165, 1.54) is 57.8 Å². The standard InChI is InChI=1S/C34H56O2/c1-10-11-28(35)36-27-15-16-32(7)25(30(27,4)5)14-17-34(9)26(32)13-12-23-24-22-29(2,3)18-19-31(24,6)20-21-33(23,34)8/h22-23,25-27H,10-21H2,1-9H3/t23-,25+,26-,27+,31-,32+,33-,34-/m1/s1. The molecule has 0 heterocycles. The van der Waals surface area contributed by atoms with Crippen molar-refractivity contribution in [2.75, 3.05) is 0 Å². The van der Waals surface area contributed by atoms with Gasteiger partial charge in [0.2, 0.25) is 0 Å². The van der Waals surface area contributed by atoms with Gasteiger partial charge < -0.3 is 4.74 Å². The summed E-state index contributed by atoms with van der Waals surface area (Å²) in [7, 11) is 0. The summed E-state index contributed by atoms with van der Waals surface area (Å²) in [5, 5.41) is 0. The molecular weight excluding hydrogens is 440 g/mol. The lowest BCUT2D eigenvalue weighted by Crippen LogP contribution is -2.66. The fourth-order valence-electron chi connectivity index (χ4n) is 11.2. The van der Waals surface area contributed by atoms with E-state index < -0.39 is 0 Å². The topological polar surface area (TPSA) is 26.3 Å². The van der Waals surface area contributed by atoms with Gasteiger partial charge in [-0.25, -0.2) is 0 Å². The van der Waals surface area contributed by atoms with Crippen LogP contribution in [0.15, 0.2) is 11.6 Å². The number of hydrogen-bond acceptors (Lipinski definition) is 2. The summed E-state index contributed by atoms with van der Waals surface area (Å²) < 4.78 is 6.15. The fourth-order valence-corrected chi connectivity index (χ4v) is 11.2. The number of esters is 1. The van der Waals surface area contributed by atoms with Crippen molar-refractivity contribution in [2.24, 2.45) is 50.2 Å². The Labute approximate surface area is 222 Å². The van der Waals surface area contributed by atoms with Crippen LogP contribution < -0.4 is 0 Å². The molecule has 36 heavy (non-hydrogen) atoms. The second-order valence-corrected chi connectivity index (χ2v) is 16.4. The van der Waals surface area contributed by atoms with E-state index in [0.717, 1.165) is 24.7 Å².